The van der Waals surface area contributed by atoms with E-state index >= 15 is 0 Å². The van der Waals surface area contributed by atoms with Gasteiger partial charge in [0.2, 0.25) is 0 Å². The number of ether oxygens (including phenoxy) is 1. The average Bonchev–Trinajstić information content (AvgIpc) is 2.47. The van der Waals surface area contributed by atoms with Crippen molar-refractivity contribution in [3.8, 4) is 0 Å². The van der Waals surface area contributed by atoms with Gasteiger partial charge in [-0.2, -0.15) is 0 Å². The Hall–Kier alpha value is -1.47. The number of nitrogens with two attached hydrogens (primary N) is 1. The molecule has 0 saturated carbocycles. The lowest BCUT2D eigenvalue weighted by Crippen LogP contribution is -2.45. The Morgan fingerprint density at radius 3 is 3.10 bits per heavy atom. The van der Waals surface area contributed by atoms with Gasteiger partial charge in [0.1, 0.15) is 5.65 Å². The van der Waals surface area contributed by atoms with Gasteiger partial charge in [-0.25, -0.2) is 4.98 Å². The summed E-state index contributed by atoms with van der Waals surface area (Å²) in [6.07, 6.45) is 1.80. The number of aromatic nitrogens is 2. The second-order valence-electron chi connectivity index (χ2n) is 4.98. The van der Waals surface area contributed by atoms with Crippen molar-refractivity contribution in [2.45, 2.75) is 12.6 Å². The Kier molecular flexibility index (Phi) is 5.30. The predicted molar refractivity (Wildman–Crippen MR) is 82.8 cm³/mol. The first kappa shape index (κ1) is 15.9. The second-order valence-corrected chi connectivity index (χ2v) is 4.98. The molecule has 2 aromatic rings. The van der Waals surface area contributed by atoms with Crippen LogP contribution in [0.15, 0.2) is 35.3 Å². The Bertz CT molecular complexity index is 661. The van der Waals surface area contributed by atoms with Gasteiger partial charge in [0.15, 0.2) is 0 Å². The summed E-state index contributed by atoms with van der Waals surface area (Å²) in [6.45, 7) is 3.47. The van der Waals surface area contributed by atoms with Gasteiger partial charge in [0, 0.05) is 38.4 Å². The fourth-order valence-electron chi connectivity index (χ4n) is 2.48. The summed E-state index contributed by atoms with van der Waals surface area (Å²) in [7, 11) is 0. The molecule has 1 saturated heterocycles. The van der Waals surface area contributed by atoms with Gasteiger partial charge >= 0.3 is 0 Å². The van der Waals surface area contributed by atoms with Crippen molar-refractivity contribution in [3.63, 3.8) is 0 Å². The molecule has 0 bridgehead atoms. The lowest BCUT2D eigenvalue weighted by Gasteiger charge is -2.31. The number of hydrogen-bond donors (Lipinski definition) is 1. The summed E-state index contributed by atoms with van der Waals surface area (Å²) in [4.78, 5) is 18.8. The lowest BCUT2D eigenvalue weighted by molar-refractivity contribution is -0.0264. The fourth-order valence-corrected chi connectivity index (χ4v) is 2.48. The molecule has 21 heavy (non-hydrogen) atoms. The smallest absolute Gasteiger partial charge is 0.258 e. The summed E-state index contributed by atoms with van der Waals surface area (Å²) in [5, 5.41) is 0. The highest BCUT2D eigenvalue weighted by molar-refractivity contribution is 5.85. The van der Waals surface area contributed by atoms with Crippen LogP contribution in [-0.2, 0) is 11.3 Å². The number of pyridine rings is 1. The van der Waals surface area contributed by atoms with Gasteiger partial charge in [-0.1, -0.05) is 6.07 Å². The molecule has 1 aliphatic rings. The Morgan fingerprint density at radius 2 is 2.29 bits per heavy atom. The number of morpholine rings is 1. The van der Waals surface area contributed by atoms with E-state index in [1.54, 1.807) is 16.7 Å². The molecule has 0 aromatic carbocycles. The molecule has 2 aromatic heterocycles. The van der Waals surface area contributed by atoms with E-state index in [9.17, 15) is 4.79 Å². The van der Waals surface area contributed by atoms with Gasteiger partial charge in [-0.3, -0.25) is 14.1 Å². The maximum Gasteiger partial charge on any atom is 0.258 e. The van der Waals surface area contributed by atoms with Gasteiger partial charge in [0.25, 0.3) is 5.56 Å². The summed E-state index contributed by atoms with van der Waals surface area (Å²) < 4.78 is 7.08. The van der Waals surface area contributed by atoms with Crippen LogP contribution in [0.25, 0.3) is 5.65 Å². The van der Waals surface area contributed by atoms with Crippen molar-refractivity contribution in [3.05, 3.63) is 46.5 Å². The van der Waals surface area contributed by atoms with E-state index in [0.29, 0.717) is 25.3 Å². The molecule has 1 fully saturated rings. The minimum atomic E-state index is -0.0470. The van der Waals surface area contributed by atoms with Gasteiger partial charge in [-0.15, -0.1) is 12.4 Å². The summed E-state index contributed by atoms with van der Waals surface area (Å²) in [5.74, 6) is 0. The Labute approximate surface area is 128 Å². The van der Waals surface area contributed by atoms with Gasteiger partial charge in [-0.05, 0) is 12.1 Å². The van der Waals surface area contributed by atoms with Crippen molar-refractivity contribution in [2.75, 3.05) is 26.2 Å². The fraction of sp³-hybridized carbons (Fsp3) is 0.429. The Balaban J connectivity index is 0.00000161. The molecule has 3 heterocycles. The third-order valence-corrected chi connectivity index (χ3v) is 3.50. The molecular weight excluding hydrogens is 292 g/mol. The second kappa shape index (κ2) is 7.00. The summed E-state index contributed by atoms with van der Waals surface area (Å²) in [6, 6.07) is 7.14. The monoisotopic (exact) mass is 310 g/mol. The molecule has 0 amide bonds. The first-order chi connectivity index (χ1) is 9.76. The predicted octanol–water partition coefficient (Wildman–Crippen LogP) is 0.276. The number of halogens is 1. The minimum Gasteiger partial charge on any atom is -0.374 e. The van der Waals surface area contributed by atoms with Crippen LogP contribution in [0.3, 0.4) is 0 Å². The molecule has 0 radical (unpaired) electrons. The molecule has 0 spiro atoms. The molecule has 0 aliphatic carbocycles. The molecule has 1 unspecified atom stereocenters. The maximum atomic E-state index is 12.0. The van der Waals surface area contributed by atoms with Crippen LogP contribution in [0.5, 0.6) is 0 Å². The van der Waals surface area contributed by atoms with Gasteiger partial charge in [0.05, 0.1) is 18.4 Å². The number of fused-ring (bicyclic) bond motifs is 1. The number of nitrogens with zero attached hydrogens (tertiary/aromatic N) is 3. The zero-order chi connectivity index (χ0) is 13.9. The molecule has 114 valence electrons. The van der Waals surface area contributed by atoms with Crippen LogP contribution >= 0.6 is 12.4 Å². The molecule has 1 atom stereocenters. The van der Waals surface area contributed by atoms with Crippen LogP contribution in [-0.4, -0.2) is 46.6 Å². The SMILES string of the molecule is Cl.NCC1CN(Cc2cc(=O)n3ccccc3n2)CCO1. The van der Waals surface area contributed by atoms with Crippen molar-refractivity contribution in [1.82, 2.24) is 14.3 Å². The topological polar surface area (TPSA) is 72.9 Å². The quantitative estimate of drug-likeness (QED) is 0.881. The van der Waals surface area contributed by atoms with Crippen molar-refractivity contribution in [2.24, 2.45) is 5.73 Å². The Morgan fingerprint density at radius 1 is 1.43 bits per heavy atom. The summed E-state index contributed by atoms with van der Waals surface area (Å²) in [5.41, 5.74) is 7.06. The maximum absolute atomic E-state index is 12.0. The third kappa shape index (κ3) is 3.59. The van der Waals surface area contributed by atoms with Crippen LogP contribution in [0.2, 0.25) is 0 Å². The highest BCUT2D eigenvalue weighted by atomic mass is 35.5. The summed E-state index contributed by atoms with van der Waals surface area (Å²) >= 11 is 0. The van der Waals surface area contributed by atoms with Crippen molar-refractivity contribution < 1.29 is 4.74 Å². The zero-order valence-electron chi connectivity index (χ0n) is 11.6. The van der Waals surface area contributed by atoms with E-state index in [0.717, 1.165) is 18.8 Å². The van der Waals surface area contributed by atoms with E-state index in [1.165, 1.54) is 0 Å². The van der Waals surface area contributed by atoms with E-state index in [4.69, 9.17) is 10.5 Å². The minimum absolute atomic E-state index is 0. The van der Waals surface area contributed by atoms with Crippen molar-refractivity contribution in [1.29, 1.82) is 0 Å². The normalized spacial score (nSPS) is 19.4. The largest absolute Gasteiger partial charge is 0.374 e. The van der Waals surface area contributed by atoms with E-state index in [1.807, 2.05) is 18.2 Å². The van der Waals surface area contributed by atoms with Crippen molar-refractivity contribution >= 4 is 18.1 Å². The van der Waals surface area contributed by atoms with Gasteiger partial charge < -0.3 is 10.5 Å². The van der Waals surface area contributed by atoms with E-state index in [2.05, 4.69) is 9.88 Å². The standard InChI is InChI=1S/C14H18N4O2.ClH/c15-8-12-10-17(5-6-20-12)9-11-7-14(19)18-4-2-1-3-13(18)16-11;/h1-4,7,12H,5-6,8-10,15H2;1H. The van der Waals surface area contributed by atoms with Crippen LogP contribution < -0.4 is 11.3 Å². The van der Waals surface area contributed by atoms with Crippen LogP contribution in [0.1, 0.15) is 5.69 Å². The first-order valence-electron chi connectivity index (χ1n) is 6.77. The molecule has 7 heteroatoms. The number of rotatable bonds is 3. The molecule has 1 aliphatic heterocycles. The lowest BCUT2D eigenvalue weighted by atomic mass is 10.2. The van der Waals surface area contributed by atoms with E-state index in [-0.39, 0.29) is 24.1 Å². The first-order valence-corrected chi connectivity index (χ1v) is 6.77. The molecule has 6 nitrogen and oxygen atoms in total. The molecule has 2 N–H and O–H groups in total. The van der Waals surface area contributed by atoms with Crippen LogP contribution in [0.4, 0.5) is 0 Å². The highest BCUT2D eigenvalue weighted by Gasteiger charge is 2.19. The molecule has 3 rings (SSSR count). The van der Waals surface area contributed by atoms with Crippen LogP contribution in [0, 0.1) is 0 Å². The average molecular weight is 311 g/mol. The number of hydrogen-bond acceptors (Lipinski definition) is 5. The zero-order valence-corrected chi connectivity index (χ0v) is 12.5. The highest BCUT2D eigenvalue weighted by Crippen LogP contribution is 2.08. The third-order valence-electron chi connectivity index (χ3n) is 3.50. The molecular formula is C14H19ClN4O2. The van der Waals surface area contributed by atoms with E-state index < -0.39 is 0 Å².